The van der Waals surface area contributed by atoms with Crippen LogP contribution in [0.1, 0.15) is 44.9 Å². The van der Waals surface area contributed by atoms with Crippen molar-refractivity contribution in [1.29, 1.82) is 0 Å². The fraction of sp³-hybridized carbons (Fsp3) is 0.500. The number of rotatable bonds is 0. The molecular formula is C16H20N2. The second-order valence-electron chi connectivity index (χ2n) is 5.88. The minimum atomic E-state index is 0.149. The third-order valence-electron chi connectivity index (χ3n) is 4.63. The maximum Gasteiger partial charge on any atom is 0.107 e. The van der Waals surface area contributed by atoms with Crippen molar-refractivity contribution in [2.24, 2.45) is 0 Å². The van der Waals surface area contributed by atoms with Crippen molar-refractivity contribution in [3.8, 4) is 0 Å². The SMILES string of the molecule is C1=c2cccc3c2=C(CC1)NC1(CCCCC1)N3. The van der Waals surface area contributed by atoms with E-state index in [1.54, 1.807) is 0 Å². The van der Waals surface area contributed by atoms with Crippen molar-refractivity contribution in [3.63, 3.8) is 0 Å². The van der Waals surface area contributed by atoms with Gasteiger partial charge in [-0.2, -0.15) is 0 Å². The van der Waals surface area contributed by atoms with Gasteiger partial charge in [-0.05, 0) is 49.8 Å². The third kappa shape index (κ3) is 1.48. The van der Waals surface area contributed by atoms with E-state index in [0.717, 1.165) is 0 Å². The maximum absolute atomic E-state index is 3.85. The summed E-state index contributed by atoms with van der Waals surface area (Å²) in [5, 5.41) is 10.5. The van der Waals surface area contributed by atoms with Crippen molar-refractivity contribution in [2.45, 2.75) is 50.6 Å². The normalized spacial score (nSPS) is 23.7. The lowest BCUT2D eigenvalue weighted by molar-refractivity contribution is 0.290. The van der Waals surface area contributed by atoms with E-state index in [4.69, 9.17) is 0 Å². The smallest absolute Gasteiger partial charge is 0.107 e. The highest BCUT2D eigenvalue weighted by Gasteiger charge is 2.35. The molecule has 1 spiro atoms. The van der Waals surface area contributed by atoms with Gasteiger partial charge in [0.15, 0.2) is 0 Å². The van der Waals surface area contributed by atoms with Crippen molar-refractivity contribution in [3.05, 3.63) is 28.6 Å². The molecule has 18 heavy (non-hydrogen) atoms. The summed E-state index contributed by atoms with van der Waals surface area (Å²) >= 11 is 0. The molecule has 2 nitrogen and oxygen atoms in total. The first-order valence-corrected chi connectivity index (χ1v) is 7.25. The highest BCUT2D eigenvalue weighted by Crippen LogP contribution is 2.32. The van der Waals surface area contributed by atoms with Gasteiger partial charge in [0.2, 0.25) is 0 Å². The quantitative estimate of drug-likeness (QED) is 0.725. The van der Waals surface area contributed by atoms with Crippen LogP contribution in [-0.4, -0.2) is 5.66 Å². The van der Waals surface area contributed by atoms with E-state index in [-0.39, 0.29) is 5.66 Å². The first-order chi connectivity index (χ1) is 8.86. The van der Waals surface area contributed by atoms with Crippen LogP contribution in [0.15, 0.2) is 18.2 Å². The average molecular weight is 240 g/mol. The summed E-state index contributed by atoms with van der Waals surface area (Å²) in [5.74, 6) is 0. The monoisotopic (exact) mass is 240 g/mol. The molecule has 0 amide bonds. The number of hydrogen-bond donors (Lipinski definition) is 2. The molecule has 2 heteroatoms. The average Bonchev–Trinajstić information content (AvgIpc) is 2.40. The number of benzene rings is 1. The van der Waals surface area contributed by atoms with Gasteiger partial charge in [-0.15, -0.1) is 0 Å². The molecular weight excluding hydrogens is 220 g/mol. The lowest BCUT2D eigenvalue weighted by Crippen LogP contribution is -2.59. The Morgan fingerprint density at radius 2 is 1.89 bits per heavy atom. The van der Waals surface area contributed by atoms with Gasteiger partial charge in [0.05, 0.1) is 0 Å². The second-order valence-corrected chi connectivity index (χ2v) is 5.88. The minimum Gasteiger partial charge on any atom is -0.366 e. The standard InChI is InChI=1S/C16H20N2/c1-2-10-16(11-3-1)17-13-8-4-6-12-7-5-9-14(18-16)15(12)13/h4,6-8,17-18H,1-3,5,9-11H2. The summed E-state index contributed by atoms with van der Waals surface area (Å²) in [5.41, 5.74) is 2.97. The first-order valence-electron chi connectivity index (χ1n) is 7.25. The molecule has 0 saturated heterocycles. The third-order valence-corrected chi connectivity index (χ3v) is 4.63. The van der Waals surface area contributed by atoms with Gasteiger partial charge < -0.3 is 10.6 Å². The van der Waals surface area contributed by atoms with Gasteiger partial charge in [0, 0.05) is 16.6 Å². The lowest BCUT2D eigenvalue weighted by Gasteiger charge is -2.44. The van der Waals surface area contributed by atoms with E-state index in [1.165, 1.54) is 66.8 Å². The Hall–Kier alpha value is -1.44. The van der Waals surface area contributed by atoms with Gasteiger partial charge in [-0.3, -0.25) is 0 Å². The maximum atomic E-state index is 3.85. The number of nitrogens with one attached hydrogen (secondary N) is 2. The summed E-state index contributed by atoms with van der Waals surface area (Å²) < 4.78 is 0. The summed E-state index contributed by atoms with van der Waals surface area (Å²) in [6.45, 7) is 0. The lowest BCUT2D eigenvalue weighted by atomic mass is 9.86. The van der Waals surface area contributed by atoms with E-state index in [0.29, 0.717) is 0 Å². The van der Waals surface area contributed by atoms with Gasteiger partial charge in [-0.1, -0.05) is 24.6 Å². The van der Waals surface area contributed by atoms with Gasteiger partial charge in [-0.25, -0.2) is 0 Å². The van der Waals surface area contributed by atoms with Crippen molar-refractivity contribution >= 4 is 17.5 Å². The van der Waals surface area contributed by atoms with Crippen LogP contribution < -0.4 is 21.1 Å². The Morgan fingerprint density at radius 1 is 1.00 bits per heavy atom. The second kappa shape index (κ2) is 3.78. The topological polar surface area (TPSA) is 24.1 Å². The summed E-state index contributed by atoms with van der Waals surface area (Å²) in [6, 6.07) is 6.66. The molecule has 2 aliphatic carbocycles. The van der Waals surface area contributed by atoms with E-state index >= 15 is 0 Å². The molecule has 0 bridgehead atoms. The molecule has 1 fully saturated rings. The van der Waals surface area contributed by atoms with E-state index < -0.39 is 0 Å². The molecule has 3 aliphatic rings. The van der Waals surface area contributed by atoms with Crippen LogP contribution in [0.5, 0.6) is 0 Å². The Morgan fingerprint density at radius 3 is 2.78 bits per heavy atom. The van der Waals surface area contributed by atoms with Crippen LogP contribution in [0.3, 0.4) is 0 Å². The fourth-order valence-corrected chi connectivity index (χ4v) is 3.79. The fourth-order valence-electron chi connectivity index (χ4n) is 3.79. The molecule has 2 N–H and O–H groups in total. The summed E-state index contributed by atoms with van der Waals surface area (Å²) in [7, 11) is 0. The molecule has 1 heterocycles. The van der Waals surface area contributed by atoms with Gasteiger partial charge in [0.1, 0.15) is 5.66 Å². The van der Waals surface area contributed by atoms with Crippen LogP contribution in [-0.2, 0) is 0 Å². The Balaban J connectivity index is 1.88. The molecule has 0 atom stereocenters. The molecule has 1 aromatic carbocycles. The molecule has 0 radical (unpaired) electrons. The zero-order chi connectivity index (χ0) is 12.0. The zero-order valence-corrected chi connectivity index (χ0v) is 10.8. The number of anilines is 1. The van der Waals surface area contributed by atoms with E-state index in [9.17, 15) is 0 Å². The Bertz CT molecular complexity index is 594. The van der Waals surface area contributed by atoms with Crippen LogP contribution in [0, 0.1) is 0 Å². The van der Waals surface area contributed by atoms with Gasteiger partial charge >= 0.3 is 0 Å². The van der Waals surface area contributed by atoms with E-state index in [2.05, 4.69) is 34.9 Å². The summed E-state index contributed by atoms with van der Waals surface area (Å²) in [4.78, 5) is 0. The predicted octanol–water partition coefficient (Wildman–Crippen LogP) is 2.04. The molecule has 0 unspecified atom stereocenters. The Labute approximate surface area is 108 Å². The molecule has 1 saturated carbocycles. The molecule has 0 aromatic heterocycles. The highest BCUT2D eigenvalue weighted by atomic mass is 15.2. The zero-order valence-electron chi connectivity index (χ0n) is 10.8. The van der Waals surface area contributed by atoms with Crippen LogP contribution in [0.25, 0.3) is 11.8 Å². The minimum absolute atomic E-state index is 0.149. The summed E-state index contributed by atoms with van der Waals surface area (Å²) in [6.07, 6.45) is 11.3. The Kier molecular flexibility index (Phi) is 2.20. The molecule has 1 aliphatic heterocycles. The first kappa shape index (κ1) is 10.5. The van der Waals surface area contributed by atoms with Crippen molar-refractivity contribution in [2.75, 3.05) is 5.32 Å². The van der Waals surface area contributed by atoms with Crippen LogP contribution >= 0.6 is 0 Å². The molecule has 1 aromatic rings. The highest BCUT2D eigenvalue weighted by molar-refractivity contribution is 5.64. The van der Waals surface area contributed by atoms with Gasteiger partial charge in [0.25, 0.3) is 0 Å². The van der Waals surface area contributed by atoms with Crippen LogP contribution in [0.4, 0.5) is 5.69 Å². The van der Waals surface area contributed by atoms with E-state index in [1.807, 2.05) is 0 Å². The predicted molar refractivity (Wildman–Crippen MR) is 75.4 cm³/mol. The van der Waals surface area contributed by atoms with Crippen LogP contribution in [0.2, 0.25) is 0 Å². The van der Waals surface area contributed by atoms with Crippen molar-refractivity contribution in [1.82, 2.24) is 5.32 Å². The number of hydrogen-bond acceptors (Lipinski definition) is 2. The molecule has 94 valence electrons. The van der Waals surface area contributed by atoms with Crippen molar-refractivity contribution < 1.29 is 0 Å². The molecule has 4 rings (SSSR count). The largest absolute Gasteiger partial charge is 0.366 e.